The quantitative estimate of drug-likeness (QED) is 0.814. The zero-order valence-electron chi connectivity index (χ0n) is 9.19. The average Bonchev–Trinajstić information content (AvgIpc) is 2.65. The molecule has 1 fully saturated rings. The zero-order valence-corrected chi connectivity index (χ0v) is 9.19. The van der Waals surface area contributed by atoms with E-state index in [1.807, 2.05) is 0 Å². The molecule has 0 amide bonds. The largest absolute Gasteiger partial charge is 0.393 e. The zero-order chi connectivity index (χ0) is 11.4. The van der Waals surface area contributed by atoms with Crippen molar-refractivity contribution < 1.29 is 9.50 Å². The highest BCUT2D eigenvalue weighted by molar-refractivity contribution is 5.09. The molecular weight excluding hydrogens is 207 g/mol. The third-order valence-electron chi connectivity index (χ3n) is 3.12. The van der Waals surface area contributed by atoms with Crippen LogP contribution < -0.4 is 5.32 Å². The van der Waals surface area contributed by atoms with Crippen molar-refractivity contribution in [2.24, 2.45) is 5.92 Å². The van der Waals surface area contributed by atoms with Crippen molar-refractivity contribution in [3.8, 4) is 0 Å². The number of aliphatic hydroxyl groups is 1. The minimum absolute atomic E-state index is 0.168. The molecule has 0 radical (unpaired) electrons. The molecule has 0 aromatic carbocycles. The number of aliphatic hydroxyl groups excluding tert-OH is 1. The van der Waals surface area contributed by atoms with Crippen molar-refractivity contribution in [1.29, 1.82) is 0 Å². The number of hydrogen-bond acceptors (Lipinski definition) is 3. The van der Waals surface area contributed by atoms with Gasteiger partial charge in [0.2, 0.25) is 0 Å². The fourth-order valence-electron chi connectivity index (χ4n) is 2.21. The molecule has 0 bridgehead atoms. The van der Waals surface area contributed by atoms with Crippen LogP contribution in [0.4, 0.5) is 4.39 Å². The van der Waals surface area contributed by atoms with Gasteiger partial charge in [-0.25, -0.2) is 4.39 Å². The Morgan fingerprint density at radius 1 is 1.44 bits per heavy atom. The van der Waals surface area contributed by atoms with Crippen LogP contribution in [0.5, 0.6) is 0 Å². The number of nitrogens with one attached hydrogen (secondary N) is 1. The predicted molar refractivity (Wildman–Crippen MR) is 59.2 cm³/mol. The summed E-state index contributed by atoms with van der Waals surface area (Å²) in [5, 5.41) is 12.9. The lowest BCUT2D eigenvalue weighted by Crippen LogP contribution is -2.27. The molecule has 0 saturated heterocycles. The van der Waals surface area contributed by atoms with Crippen molar-refractivity contribution >= 4 is 0 Å². The van der Waals surface area contributed by atoms with Gasteiger partial charge in [-0.05, 0) is 30.4 Å². The summed E-state index contributed by atoms with van der Waals surface area (Å²) in [6.45, 7) is 1.39. The molecule has 88 valence electrons. The SMILES string of the molecule is OC1CCCC1CNCc1cncc(F)c1. The molecular formula is C12H17FN2O. The summed E-state index contributed by atoms with van der Waals surface area (Å²) in [7, 11) is 0. The number of nitrogens with zero attached hydrogens (tertiary/aromatic N) is 1. The van der Waals surface area contributed by atoms with Crippen molar-refractivity contribution in [1.82, 2.24) is 10.3 Å². The molecule has 2 rings (SSSR count). The molecule has 2 unspecified atom stereocenters. The van der Waals surface area contributed by atoms with Crippen LogP contribution in [0.2, 0.25) is 0 Å². The van der Waals surface area contributed by atoms with Crippen molar-refractivity contribution in [2.45, 2.75) is 31.9 Å². The van der Waals surface area contributed by atoms with E-state index in [1.165, 1.54) is 12.3 Å². The summed E-state index contributed by atoms with van der Waals surface area (Å²) >= 11 is 0. The highest BCUT2D eigenvalue weighted by Crippen LogP contribution is 2.24. The Morgan fingerprint density at radius 3 is 3.00 bits per heavy atom. The fourth-order valence-corrected chi connectivity index (χ4v) is 2.21. The van der Waals surface area contributed by atoms with E-state index in [9.17, 15) is 9.50 Å². The molecule has 1 heterocycles. The summed E-state index contributed by atoms with van der Waals surface area (Å²) < 4.78 is 12.8. The average molecular weight is 224 g/mol. The Bertz CT molecular complexity index is 346. The second-order valence-electron chi connectivity index (χ2n) is 4.40. The van der Waals surface area contributed by atoms with E-state index in [-0.39, 0.29) is 11.9 Å². The van der Waals surface area contributed by atoms with Gasteiger partial charge in [0.05, 0.1) is 12.3 Å². The first kappa shape index (κ1) is 11.5. The normalized spacial score (nSPS) is 24.9. The van der Waals surface area contributed by atoms with Gasteiger partial charge in [-0.3, -0.25) is 4.98 Å². The Labute approximate surface area is 94.7 Å². The van der Waals surface area contributed by atoms with Crippen LogP contribution in [0, 0.1) is 11.7 Å². The van der Waals surface area contributed by atoms with E-state index in [1.54, 1.807) is 6.20 Å². The predicted octanol–water partition coefficient (Wildman–Crippen LogP) is 1.47. The molecule has 0 aliphatic heterocycles. The molecule has 1 aromatic rings. The fraction of sp³-hybridized carbons (Fsp3) is 0.583. The van der Waals surface area contributed by atoms with Crippen molar-refractivity contribution in [3.05, 3.63) is 29.8 Å². The molecule has 1 aliphatic rings. The van der Waals surface area contributed by atoms with Crippen LogP contribution in [0.25, 0.3) is 0 Å². The Balaban J connectivity index is 1.75. The van der Waals surface area contributed by atoms with E-state index >= 15 is 0 Å². The van der Waals surface area contributed by atoms with Gasteiger partial charge in [0, 0.05) is 19.3 Å². The van der Waals surface area contributed by atoms with Gasteiger partial charge in [0.1, 0.15) is 5.82 Å². The maximum absolute atomic E-state index is 12.8. The minimum atomic E-state index is -0.305. The van der Waals surface area contributed by atoms with E-state index in [2.05, 4.69) is 10.3 Å². The summed E-state index contributed by atoms with van der Waals surface area (Å²) in [4.78, 5) is 3.79. The topological polar surface area (TPSA) is 45.1 Å². The second-order valence-corrected chi connectivity index (χ2v) is 4.40. The first-order valence-electron chi connectivity index (χ1n) is 5.74. The first-order valence-corrected chi connectivity index (χ1v) is 5.74. The highest BCUT2D eigenvalue weighted by Gasteiger charge is 2.24. The lowest BCUT2D eigenvalue weighted by atomic mass is 10.1. The van der Waals surface area contributed by atoms with Gasteiger partial charge in [-0.2, -0.15) is 0 Å². The lowest BCUT2D eigenvalue weighted by molar-refractivity contribution is 0.131. The summed E-state index contributed by atoms with van der Waals surface area (Å²) in [6.07, 6.45) is 5.78. The van der Waals surface area contributed by atoms with Crippen LogP contribution >= 0.6 is 0 Å². The second kappa shape index (κ2) is 5.37. The Hall–Kier alpha value is -1.00. The number of rotatable bonds is 4. The van der Waals surface area contributed by atoms with E-state index < -0.39 is 0 Å². The van der Waals surface area contributed by atoms with Crippen LogP contribution in [-0.4, -0.2) is 22.7 Å². The highest BCUT2D eigenvalue weighted by atomic mass is 19.1. The number of aromatic nitrogens is 1. The van der Waals surface area contributed by atoms with E-state index in [4.69, 9.17) is 0 Å². The summed E-state index contributed by atoms with van der Waals surface area (Å²) in [5.74, 6) is 0.0433. The third-order valence-corrected chi connectivity index (χ3v) is 3.12. The van der Waals surface area contributed by atoms with Crippen molar-refractivity contribution in [2.75, 3.05) is 6.54 Å². The van der Waals surface area contributed by atoms with Gasteiger partial charge in [-0.15, -0.1) is 0 Å². The minimum Gasteiger partial charge on any atom is -0.393 e. The molecule has 1 saturated carbocycles. The molecule has 1 aliphatic carbocycles. The van der Waals surface area contributed by atoms with Gasteiger partial charge < -0.3 is 10.4 Å². The molecule has 3 nitrogen and oxygen atoms in total. The number of pyridine rings is 1. The molecule has 16 heavy (non-hydrogen) atoms. The monoisotopic (exact) mass is 224 g/mol. The number of halogens is 1. The van der Waals surface area contributed by atoms with E-state index in [0.29, 0.717) is 12.5 Å². The Kier molecular flexibility index (Phi) is 3.85. The van der Waals surface area contributed by atoms with Crippen LogP contribution in [0.15, 0.2) is 18.5 Å². The van der Waals surface area contributed by atoms with Crippen LogP contribution in [0.1, 0.15) is 24.8 Å². The van der Waals surface area contributed by atoms with Gasteiger partial charge in [0.15, 0.2) is 0 Å². The smallest absolute Gasteiger partial charge is 0.141 e. The first-order chi connectivity index (χ1) is 7.75. The molecule has 4 heteroatoms. The van der Waals surface area contributed by atoms with Crippen LogP contribution in [-0.2, 0) is 6.54 Å². The maximum atomic E-state index is 12.8. The maximum Gasteiger partial charge on any atom is 0.141 e. The van der Waals surface area contributed by atoms with Gasteiger partial charge in [-0.1, -0.05) is 6.42 Å². The standard InChI is InChI=1S/C12H17FN2O/c13-11-4-9(6-15-8-11)5-14-7-10-2-1-3-12(10)16/h4,6,8,10,12,14,16H,1-3,5,7H2. The van der Waals surface area contributed by atoms with Crippen molar-refractivity contribution in [3.63, 3.8) is 0 Å². The van der Waals surface area contributed by atoms with Crippen LogP contribution in [0.3, 0.4) is 0 Å². The van der Waals surface area contributed by atoms with E-state index in [0.717, 1.165) is 31.4 Å². The Morgan fingerprint density at radius 2 is 2.31 bits per heavy atom. The molecule has 2 atom stereocenters. The summed E-state index contributed by atoms with van der Waals surface area (Å²) in [5.41, 5.74) is 0.840. The molecule has 0 spiro atoms. The lowest BCUT2D eigenvalue weighted by Gasteiger charge is -2.14. The third kappa shape index (κ3) is 3.00. The number of hydrogen-bond donors (Lipinski definition) is 2. The molecule has 1 aromatic heterocycles. The van der Waals surface area contributed by atoms with Gasteiger partial charge in [0.25, 0.3) is 0 Å². The summed E-state index contributed by atoms with van der Waals surface area (Å²) in [6, 6.07) is 1.48. The van der Waals surface area contributed by atoms with Gasteiger partial charge >= 0.3 is 0 Å². The molecule has 2 N–H and O–H groups in total.